The number of nitro groups is 1. The van der Waals surface area contributed by atoms with Gasteiger partial charge in [-0.15, -0.1) is 0 Å². The second kappa shape index (κ2) is 13.4. The van der Waals surface area contributed by atoms with Crippen LogP contribution in [0.1, 0.15) is 93.4 Å². The number of aromatic hydroxyl groups is 1. The quantitative estimate of drug-likeness (QED) is 0.134. The van der Waals surface area contributed by atoms with Crippen molar-refractivity contribution in [2.45, 2.75) is 116 Å². The monoisotopic (exact) mass is 602 g/mol. The Morgan fingerprint density at radius 1 is 0.756 bits per heavy atom. The van der Waals surface area contributed by atoms with Crippen LogP contribution in [0, 0.1) is 10.1 Å². The van der Waals surface area contributed by atoms with Gasteiger partial charge in [-0.2, -0.15) is 0 Å². The minimum Gasteiger partial charge on any atom is -0.543 e. The van der Waals surface area contributed by atoms with Gasteiger partial charge in [0.1, 0.15) is 17.1 Å². The Balaban J connectivity index is 2.74. The molecule has 2 N–H and O–H groups in total. The van der Waals surface area contributed by atoms with Crippen LogP contribution in [0.25, 0.3) is 0 Å². The molecule has 8 nitrogen and oxygen atoms in total. The molecule has 0 heterocycles. The molecule has 0 atom stereocenters. The summed E-state index contributed by atoms with van der Waals surface area (Å²) in [6.45, 7) is 26.6. The first kappa shape index (κ1) is 34.3. The van der Waals surface area contributed by atoms with E-state index in [9.17, 15) is 20.0 Å². The molecule has 2 aromatic carbocycles. The minimum absolute atomic E-state index is 0.227. The fraction of sp³-hybridized carbons (Fsp3) is 0.581. The summed E-state index contributed by atoms with van der Waals surface area (Å²) >= 11 is 0. The van der Waals surface area contributed by atoms with Gasteiger partial charge in [-0.1, -0.05) is 89.2 Å². The normalized spacial score (nSPS) is 12.6. The molecule has 228 valence electrons. The van der Waals surface area contributed by atoms with Crippen molar-refractivity contribution < 1.29 is 23.7 Å². The highest BCUT2D eigenvalue weighted by Gasteiger charge is 2.48. The number of nitrogens with zero attached hydrogens (tertiary/aromatic N) is 1. The first-order valence-electron chi connectivity index (χ1n) is 14.7. The van der Waals surface area contributed by atoms with Gasteiger partial charge in [0.2, 0.25) is 0 Å². The van der Waals surface area contributed by atoms with Crippen LogP contribution < -0.4 is 14.2 Å². The van der Waals surface area contributed by atoms with Gasteiger partial charge in [-0.3, -0.25) is 14.9 Å². The van der Waals surface area contributed by atoms with E-state index < -0.39 is 38.9 Å². The van der Waals surface area contributed by atoms with Crippen LogP contribution in [0.5, 0.6) is 17.2 Å². The molecule has 41 heavy (non-hydrogen) atoms. The van der Waals surface area contributed by atoms with Crippen molar-refractivity contribution in [3.63, 3.8) is 0 Å². The molecule has 2 aromatic rings. The van der Waals surface area contributed by atoms with Gasteiger partial charge < -0.3 is 19.3 Å². The molecule has 2 rings (SSSR count). The lowest BCUT2D eigenvalue weighted by Gasteiger charge is -2.43. The minimum atomic E-state index is -2.35. The molecule has 0 bridgehead atoms. The predicted octanol–water partition coefficient (Wildman–Crippen LogP) is 9.66. The fourth-order valence-corrected chi connectivity index (χ4v) is 17.4. The molecule has 0 saturated heterocycles. The molecular weight excluding hydrogens is 553 g/mol. The summed E-state index contributed by atoms with van der Waals surface area (Å²) in [5.74, 6) is -0.0296. The van der Waals surface area contributed by atoms with Crippen LogP contribution in [0.4, 0.5) is 11.4 Å². The van der Waals surface area contributed by atoms with E-state index in [1.54, 1.807) is 12.1 Å². The number of anilines is 1. The van der Waals surface area contributed by atoms with E-state index in [4.69, 9.17) is 8.85 Å². The first-order chi connectivity index (χ1) is 18.9. The third-order valence-electron chi connectivity index (χ3n) is 8.58. The van der Waals surface area contributed by atoms with Crippen LogP contribution in [0.3, 0.4) is 0 Å². The average molecular weight is 603 g/mol. The van der Waals surface area contributed by atoms with E-state index in [0.717, 1.165) is 0 Å². The van der Waals surface area contributed by atoms with Crippen LogP contribution in [-0.2, 0) is 0 Å². The molecule has 0 radical (unpaired) electrons. The number of benzene rings is 2. The molecule has 0 spiro atoms. The number of rotatable bonds is 13. The number of para-hydroxylation sites is 1. The van der Waals surface area contributed by atoms with Crippen molar-refractivity contribution >= 4 is 33.9 Å². The van der Waals surface area contributed by atoms with Crippen molar-refractivity contribution in [1.82, 2.24) is 0 Å². The van der Waals surface area contributed by atoms with Crippen molar-refractivity contribution in [2.24, 2.45) is 0 Å². The summed E-state index contributed by atoms with van der Waals surface area (Å²) in [7, 11) is -4.71. The summed E-state index contributed by atoms with van der Waals surface area (Å²) in [6, 6.07) is 9.42. The topological polar surface area (TPSA) is 111 Å². The van der Waals surface area contributed by atoms with Gasteiger partial charge in [-0.05, 0) is 45.4 Å². The standard InChI is InChI=1S/C31H50N2O6Si2/c1-19(2)40(20(3)4,21(5)6)38-26-16-25(32-31(35)28-14-13-15-29(34)30(28)33(36)37)17-27(18-26)39-41(22(7)8,23(9)10)24(11)12/h13-24,34H,1-12H3,(H,32,35). The zero-order chi connectivity index (χ0) is 31.4. The Morgan fingerprint density at radius 2 is 1.15 bits per heavy atom. The summed E-state index contributed by atoms with van der Waals surface area (Å²) in [5.41, 5.74) is 1.53. The molecule has 1 amide bonds. The van der Waals surface area contributed by atoms with E-state index in [2.05, 4.69) is 88.4 Å². The zero-order valence-corrected chi connectivity index (χ0v) is 28.9. The Hall–Kier alpha value is -2.86. The highest BCUT2D eigenvalue weighted by Crippen LogP contribution is 2.46. The maximum Gasteiger partial charge on any atom is 0.323 e. The van der Waals surface area contributed by atoms with E-state index in [1.165, 1.54) is 18.2 Å². The third-order valence-corrected chi connectivity index (χ3v) is 20.6. The molecule has 0 aromatic heterocycles. The van der Waals surface area contributed by atoms with Crippen LogP contribution in [0.15, 0.2) is 36.4 Å². The second-order valence-electron chi connectivity index (χ2n) is 12.9. The number of nitro benzene ring substituents is 1. The van der Waals surface area contributed by atoms with Gasteiger partial charge in [0.25, 0.3) is 22.5 Å². The number of nitrogens with one attached hydrogen (secondary N) is 1. The Morgan fingerprint density at radius 3 is 1.49 bits per heavy atom. The fourth-order valence-electron chi connectivity index (χ4n) is 6.98. The maximum absolute atomic E-state index is 13.3. The van der Waals surface area contributed by atoms with Gasteiger partial charge in [0.15, 0.2) is 5.75 Å². The zero-order valence-electron chi connectivity index (χ0n) is 26.9. The molecule has 0 aliphatic heterocycles. The van der Waals surface area contributed by atoms with Gasteiger partial charge in [0, 0.05) is 23.9 Å². The summed E-state index contributed by atoms with van der Waals surface area (Å²) in [4.78, 5) is 24.2. The van der Waals surface area contributed by atoms with Crippen molar-refractivity contribution in [1.29, 1.82) is 0 Å². The Kier molecular flexibility index (Phi) is 11.2. The molecule has 0 fully saturated rings. The summed E-state index contributed by atoms with van der Waals surface area (Å²) in [6.07, 6.45) is 0. The number of phenolic OH excluding ortho intramolecular Hbond substituents is 1. The van der Waals surface area contributed by atoms with E-state index in [1.807, 2.05) is 6.07 Å². The highest BCUT2D eigenvalue weighted by atomic mass is 28.4. The van der Waals surface area contributed by atoms with Crippen LogP contribution in [-0.4, -0.2) is 32.6 Å². The lowest BCUT2D eigenvalue weighted by Crippen LogP contribution is -2.51. The maximum atomic E-state index is 13.3. The van der Waals surface area contributed by atoms with Gasteiger partial charge in [-0.25, -0.2) is 0 Å². The van der Waals surface area contributed by atoms with E-state index in [-0.39, 0.29) is 5.56 Å². The molecule has 0 aliphatic rings. The Labute approximate surface area is 248 Å². The first-order valence-corrected chi connectivity index (χ1v) is 19.0. The van der Waals surface area contributed by atoms with Crippen LogP contribution in [0.2, 0.25) is 33.2 Å². The molecule has 10 heteroatoms. The van der Waals surface area contributed by atoms with Gasteiger partial charge >= 0.3 is 5.69 Å². The van der Waals surface area contributed by atoms with Crippen molar-refractivity contribution in [3.8, 4) is 17.2 Å². The Bertz CT molecular complexity index is 1130. The largest absolute Gasteiger partial charge is 0.543 e. The molecule has 0 unspecified atom stereocenters. The molecular formula is C31H50N2O6Si2. The lowest BCUT2D eigenvalue weighted by molar-refractivity contribution is -0.386. The lowest BCUT2D eigenvalue weighted by atomic mass is 10.1. The number of hydrogen-bond acceptors (Lipinski definition) is 6. The van der Waals surface area contributed by atoms with E-state index in [0.29, 0.717) is 50.4 Å². The smallest absolute Gasteiger partial charge is 0.323 e. The number of carbonyl (C=O) groups excluding carboxylic acids is 1. The number of amides is 1. The summed E-state index contributed by atoms with van der Waals surface area (Å²) < 4.78 is 14.0. The average Bonchev–Trinajstić information content (AvgIpc) is 2.83. The van der Waals surface area contributed by atoms with Crippen molar-refractivity contribution in [3.05, 3.63) is 52.1 Å². The predicted molar refractivity (Wildman–Crippen MR) is 173 cm³/mol. The third kappa shape index (κ3) is 6.97. The van der Waals surface area contributed by atoms with Crippen LogP contribution >= 0.6 is 0 Å². The van der Waals surface area contributed by atoms with E-state index >= 15 is 0 Å². The molecule has 0 saturated carbocycles. The van der Waals surface area contributed by atoms with Gasteiger partial charge in [0.05, 0.1) is 4.92 Å². The number of phenols is 1. The summed E-state index contributed by atoms with van der Waals surface area (Å²) in [5, 5.41) is 24.5. The SMILES string of the molecule is CC(C)[Si](Oc1cc(NC(=O)c2cccc(O)c2[N+](=O)[O-])cc(O[Si](C(C)C)(C(C)C)C(C)C)c1)(C(C)C)C(C)C. The molecule has 0 aliphatic carbocycles. The second-order valence-corrected chi connectivity index (χ2v) is 23.7. The highest BCUT2D eigenvalue weighted by molar-refractivity contribution is 6.78. The van der Waals surface area contributed by atoms with Crippen molar-refractivity contribution in [2.75, 3.05) is 5.32 Å². The number of hydrogen-bond donors (Lipinski definition) is 2. The number of carbonyl (C=O) groups is 1.